The molecular formula is C13H17FO2. The zero-order valence-corrected chi connectivity index (χ0v) is 9.66. The molecule has 0 spiro atoms. The van der Waals surface area contributed by atoms with Gasteiger partial charge in [-0.1, -0.05) is 19.6 Å². The van der Waals surface area contributed by atoms with Crippen molar-refractivity contribution in [2.24, 2.45) is 0 Å². The Balaban J connectivity index is 2.72. The molecule has 1 aromatic carbocycles. The molecule has 0 bridgehead atoms. The minimum Gasteiger partial charge on any atom is -0.486 e. The van der Waals surface area contributed by atoms with E-state index in [1.165, 1.54) is 12.1 Å². The lowest BCUT2D eigenvalue weighted by atomic mass is 10.1. The van der Waals surface area contributed by atoms with Gasteiger partial charge in [0.25, 0.3) is 0 Å². The fraction of sp³-hybridized carbons (Fsp3) is 0.385. The average molecular weight is 224 g/mol. The van der Waals surface area contributed by atoms with Gasteiger partial charge < -0.3 is 9.84 Å². The third-order valence-electron chi connectivity index (χ3n) is 2.37. The van der Waals surface area contributed by atoms with Crippen LogP contribution in [0.25, 0.3) is 0 Å². The normalized spacial score (nSPS) is 12.2. The lowest BCUT2D eigenvalue weighted by Crippen LogP contribution is -2.02. The van der Waals surface area contributed by atoms with Crippen LogP contribution >= 0.6 is 0 Å². The third kappa shape index (κ3) is 3.35. The average Bonchev–Trinajstić information content (AvgIpc) is 2.26. The number of hydrogen-bond acceptors (Lipinski definition) is 2. The van der Waals surface area contributed by atoms with Crippen LogP contribution in [-0.4, -0.2) is 11.7 Å². The van der Waals surface area contributed by atoms with Gasteiger partial charge in [-0.05, 0) is 36.6 Å². The van der Waals surface area contributed by atoms with Crippen molar-refractivity contribution in [2.45, 2.75) is 26.4 Å². The largest absolute Gasteiger partial charge is 0.486 e. The maximum atomic E-state index is 13.5. The summed E-state index contributed by atoms with van der Waals surface area (Å²) in [5.41, 5.74) is 1.46. The first-order valence-electron chi connectivity index (χ1n) is 5.31. The quantitative estimate of drug-likeness (QED) is 0.778. The first kappa shape index (κ1) is 12.7. The SMILES string of the molecule is C=C(CC)COc1ccc(C(C)O)cc1F. The van der Waals surface area contributed by atoms with Gasteiger partial charge in [0.05, 0.1) is 6.10 Å². The number of aliphatic hydroxyl groups is 1. The molecule has 1 aromatic rings. The van der Waals surface area contributed by atoms with Crippen LogP contribution in [-0.2, 0) is 0 Å². The van der Waals surface area contributed by atoms with E-state index >= 15 is 0 Å². The highest BCUT2D eigenvalue weighted by atomic mass is 19.1. The van der Waals surface area contributed by atoms with Crippen molar-refractivity contribution in [1.29, 1.82) is 0 Å². The summed E-state index contributed by atoms with van der Waals surface area (Å²) in [4.78, 5) is 0. The predicted octanol–water partition coefficient (Wildman–Crippen LogP) is 3.22. The van der Waals surface area contributed by atoms with Crippen molar-refractivity contribution in [3.63, 3.8) is 0 Å². The molecule has 0 aliphatic heterocycles. The van der Waals surface area contributed by atoms with Gasteiger partial charge >= 0.3 is 0 Å². The minimum atomic E-state index is -0.672. The Kier molecular flexibility index (Phi) is 4.50. The molecule has 0 aromatic heterocycles. The van der Waals surface area contributed by atoms with Crippen molar-refractivity contribution in [2.75, 3.05) is 6.61 Å². The van der Waals surface area contributed by atoms with E-state index in [0.717, 1.165) is 12.0 Å². The van der Waals surface area contributed by atoms with E-state index in [1.54, 1.807) is 13.0 Å². The molecule has 0 saturated carbocycles. The van der Waals surface area contributed by atoms with Gasteiger partial charge in [0.1, 0.15) is 6.61 Å². The smallest absolute Gasteiger partial charge is 0.165 e. The number of aliphatic hydroxyl groups excluding tert-OH is 1. The maximum Gasteiger partial charge on any atom is 0.165 e. The fourth-order valence-electron chi connectivity index (χ4n) is 1.18. The summed E-state index contributed by atoms with van der Waals surface area (Å²) in [6.07, 6.45) is 0.141. The molecule has 88 valence electrons. The zero-order valence-electron chi connectivity index (χ0n) is 9.66. The Morgan fingerprint density at radius 1 is 1.56 bits per heavy atom. The van der Waals surface area contributed by atoms with Crippen LogP contribution in [0.3, 0.4) is 0 Å². The Labute approximate surface area is 95.4 Å². The molecule has 1 N–H and O–H groups in total. The Morgan fingerprint density at radius 3 is 2.75 bits per heavy atom. The molecule has 3 heteroatoms. The second kappa shape index (κ2) is 5.66. The molecule has 2 nitrogen and oxygen atoms in total. The topological polar surface area (TPSA) is 29.5 Å². The summed E-state index contributed by atoms with van der Waals surface area (Å²) in [7, 11) is 0. The third-order valence-corrected chi connectivity index (χ3v) is 2.37. The van der Waals surface area contributed by atoms with Crippen LogP contribution in [0.15, 0.2) is 30.4 Å². The Bertz CT molecular complexity index is 372. The maximum absolute atomic E-state index is 13.5. The molecule has 0 saturated heterocycles. The second-order valence-corrected chi connectivity index (χ2v) is 3.76. The number of rotatable bonds is 5. The first-order valence-corrected chi connectivity index (χ1v) is 5.31. The zero-order chi connectivity index (χ0) is 12.1. The first-order chi connectivity index (χ1) is 7.54. The highest BCUT2D eigenvalue weighted by Crippen LogP contribution is 2.22. The van der Waals surface area contributed by atoms with Gasteiger partial charge in [-0.15, -0.1) is 0 Å². The molecular weight excluding hydrogens is 207 g/mol. The van der Waals surface area contributed by atoms with E-state index in [-0.39, 0.29) is 5.75 Å². The van der Waals surface area contributed by atoms with E-state index in [1.807, 2.05) is 6.92 Å². The second-order valence-electron chi connectivity index (χ2n) is 3.76. The predicted molar refractivity (Wildman–Crippen MR) is 62.0 cm³/mol. The molecule has 1 atom stereocenters. The summed E-state index contributed by atoms with van der Waals surface area (Å²) in [6.45, 7) is 7.66. The van der Waals surface area contributed by atoms with Gasteiger partial charge in [0.2, 0.25) is 0 Å². The summed E-state index contributed by atoms with van der Waals surface area (Å²) < 4.78 is 18.8. The molecule has 1 rings (SSSR count). The monoisotopic (exact) mass is 224 g/mol. The minimum absolute atomic E-state index is 0.194. The van der Waals surface area contributed by atoms with Crippen molar-refractivity contribution >= 4 is 0 Å². The van der Waals surface area contributed by atoms with Gasteiger partial charge in [0, 0.05) is 0 Å². The molecule has 0 radical (unpaired) electrons. The van der Waals surface area contributed by atoms with E-state index in [4.69, 9.17) is 4.74 Å². The number of halogens is 1. The molecule has 1 unspecified atom stereocenters. The molecule has 0 fully saturated rings. The van der Waals surface area contributed by atoms with Gasteiger partial charge in [0.15, 0.2) is 11.6 Å². The van der Waals surface area contributed by atoms with Crippen LogP contribution in [0.5, 0.6) is 5.75 Å². The number of ether oxygens (including phenoxy) is 1. The van der Waals surface area contributed by atoms with E-state index in [9.17, 15) is 9.50 Å². The number of hydrogen-bond donors (Lipinski definition) is 1. The van der Waals surface area contributed by atoms with Crippen molar-refractivity contribution in [1.82, 2.24) is 0 Å². The molecule has 0 aliphatic rings. The van der Waals surface area contributed by atoms with Crippen LogP contribution < -0.4 is 4.74 Å². The van der Waals surface area contributed by atoms with Crippen LogP contribution in [0, 0.1) is 5.82 Å². The fourth-order valence-corrected chi connectivity index (χ4v) is 1.18. The van der Waals surface area contributed by atoms with Gasteiger partial charge in [-0.25, -0.2) is 4.39 Å². The summed E-state index contributed by atoms with van der Waals surface area (Å²) in [5, 5.41) is 9.27. The summed E-state index contributed by atoms with van der Waals surface area (Å²) >= 11 is 0. The van der Waals surface area contributed by atoms with Crippen LogP contribution in [0.2, 0.25) is 0 Å². The highest BCUT2D eigenvalue weighted by molar-refractivity contribution is 5.30. The molecule has 0 heterocycles. The van der Waals surface area contributed by atoms with E-state index < -0.39 is 11.9 Å². The van der Waals surface area contributed by atoms with Crippen molar-refractivity contribution < 1.29 is 14.2 Å². The van der Waals surface area contributed by atoms with Gasteiger partial charge in [-0.2, -0.15) is 0 Å². The number of benzene rings is 1. The van der Waals surface area contributed by atoms with Crippen molar-refractivity contribution in [3.8, 4) is 5.75 Å². The lowest BCUT2D eigenvalue weighted by Gasteiger charge is -2.10. The van der Waals surface area contributed by atoms with Crippen molar-refractivity contribution in [3.05, 3.63) is 41.7 Å². The lowest BCUT2D eigenvalue weighted by molar-refractivity contribution is 0.198. The van der Waals surface area contributed by atoms with E-state index in [2.05, 4.69) is 6.58 Å². The standard InChI is InChI=1S/C13H17FO2/c1-4-9(2)8-16-13-6-5-11(10(3)15)7-12(13)14/h5-7,10,15H,2,4,8H2,1,3H3. The van der Waals surface area contributed by atoms with Gasteiger partial charge in [-0.3, -0.25) is 0 Å². The molecule has 16 heavy (non-hydrogen) atoms. The van der Waals surface area contributed by atoms with Crippen LogP contribution in [0.1, 0.15) is 31.9 Å². The summed E-state index contributed by atoms with van der Waals surface area (Å²) in [6, 6.07) is 4.47. The van der Waals surface area contributed by atoms with Crippen LogP contribution in [0.4, 0.5) is 4.39 Å². The van der Waals surface area contributed by atoms with E-state index in [0.29, 0.717) is 12.2 Å². The summed E-state index contributed by atoms with van der Waals surface area (Å²) in [5.74, 6) is -0.263. The Morgan fingerprint density at radius 2 is 2.25 bits per heavy atom. The highest BCUT2D eigenvalue weighted by Gasteiger charge is 2.07. The Hall–Kier alpha value is -1.35. The molecule has 0 amide bonds. The molecule has 0 aliphatic carbocycles.